The molecule has 1 saturated carbocycles. The first kappa shape index (κ1) is 33.8. The van der Waals surface area contributed by atoms with E-state index in [0.717, 1.165) is 36.0 Å². The highest BCUT2D eigenvalue weighted by molar-refractivity contribution is 5.96. The minimum atomic E-state index is -1.43. The predicted molar refractivity (Wildman–Crippen MR) is 180 cm³/mol. The van der Waals surface area contributed by atoms with Crippen molar-refractivity contribution in [2.75, 3.05) is 6.54 Å². The van der Waals surface area contributed by atoms with Crippen molar-refractivity contribution < 1.29 is 29.0 Å². The number of aliphatic carboxylic acids is 1. The number of carboxylic acids is 1. The van der Waals surface area contributed by atoms with E-state index in [4.69, 9.17) is 4.74 Å². The molecule has 3 amide bonds. The fraction of sp³-hybridized carbons (Fsp3) is 0.472. The maximum Gasteiger partial charge on any atom is 0.408 e. The number of carbonyl (C=O) groups is 4. The molecule has 0 spiro atoms. The van der Waals surface area contributed by atoms with Crippen molar-refractivity contribution in [1.29, 1.82) is 0 Å². The van der Waals surface area contributed by atoms with Crippen LogP contribution in [-0.2, 0) is 19.1 Å². The fourth-order valence-electron chi connectivity index (χ4n) is 6.63. The summed E-state index contributed by atoms with van der Waals surface area (Å²) in [7, 11) is 0. The van der Waals surface area contributed by atoms with Crippen molar-refractivity contribution in [3.05, 3.63) is 66.7 Å². The van der Waals surface area contributed by atoms with Gasteiger partial charge in [0, 0.05) is 24.4 Å². The van der Waals surface area contributed by atoms with Gasteiger partial charge in [0.25, 0.3) is 0 Å². The Balaban J connectivity index is 1.26. The summed E-state index contributed by atoms with van der Waals surface area (Å²) in [5.41, 5.74) is 0.680. The van der Waals surface area contributed by atoms with E-state index in [9.17, 15) is 24.3 Å². The third-order valence-electron chi connectivity index (χ3n) is 9.33. The van der Waals surface area contributed by atoms with Crippen LogP contribution in [0.1, 0.15) is 71.8 Å². The van der Waals surface area contributed by atoms with E-state index in [1.165, 1.54) is 9.70 Å². The molecule has 3 N–H and O–H groups in total. The van der Waals surface area contributed by atoms with E-state index in [0.29, 0.717) is 18.7 Å². The maximum absolute atomic E-state index is 14.3. The molecular formula is C36H43N7O6. The Morgan fingerprint density at radius 2 is 1.71 bits per heavy atom. The molecule has 0 unspecified atom stereocenters. The van der Waals surface area contributed by atoms with Crippen LogP contribution in [0.3, 0.4) is 0 Å². The number of carbonyl (C=O) groups excluding carboxylic acids is 3. The van der Waals surface area contributed by atoms with Crippen LogP contribution in [-0.4, -0.2) is 83.9 Å². The van der Waals surface area contributed by atoms with E-state index >= 15 is 0 Å². The molecule has 3 heterocycles. The van der Waals surface area contributed by atoms with Crippen molar-refractivity contribution in [3.63, 3.8) is 0 Å². The molecule has 3 aromatic rings. The minimum absolute atomic E-state index is 0.0650. The highest BCUT2D eigenvalue weighted by Gasteiger charge is 2.61. The van der Waals surface area contributed by atoms with Crippen LogP contribution in [0.15, 0.2) is 66.7 Å². The summed E-state index contributed by atoms with van der Waals surface area (Å²) in [5.74, 6) is -2.08. The van der Waals surface area contributed by atoms with Gasteiger partial charge in [-0.05, 0) is 62.8 Å². The highest BCUT2D eigenvalue weighted by Crippen LogP contribution is 2.45. The quantitative estimate of drug-likeness (QED) is 0.331. The van der Waals surface area contributed by atoms with E-state index < -0.39 is 53.1 Å². The standard InChI is InChI=1S/C36H43N7O6/c1-35(2,3)49-34(48)37-28-15-11-6-4-5-10-14-26-21-36(26,33(46)47)38-31(44)29-20-27(22-42(29)32(28)45)43-40-30(39-41-43)25-18-16-24(17-19-25)23-12-8-7-9-13-23/h7-10,12-14,16-19,26-29H,4-6,11,15,20-22H2,1-3H3,(H,37,48)(H,38,44)(H,46,47)/b14-10-/t26-,27-,28+,29+,36-/m1/s1. The zero-order valence-corrected chi connectivity index (χ0v) is 28.0. The molecule has 49 heavy (non-hydrogen) atoms. The Bertz CT molecular complexity index is 1720. The largest absolute Gasteiger partial charge is 0.479 e. The molecular weight excluding hydrogens is 626 g/mol. The minimum Gasteiger partial charge on any atom is -0.479 e. The van der Waals surface area contributed by atoms with Crippen molar-refractivity contribution >= 4 is 23.9 Å². The highest BCUT2D eigenvalue weighted by atomic mass is 16.6. The van der Waals surface area contributed by atoms with E-state index in [1.54, 1.807) is 20.8 Å². The Morgan fingerprint density at radius 3 is 2.43 bits per heavy atom. The lowest BCUT2D eigenvalue weighted by Gasteiger charge is -2.30. The molecule has 1 aromatic heterocycles. The number of benzene rings is 2. The second-order valence-electron chi connectivity index (χ2n) is 14.1. The Kier molecular flexibility index (Phi) is 9.53. The second-order valence-corrected chi connectivity index (χ2v) is 14.1. The molecule has 2 aromatic carbocycles. The van der Waals surface area contributed by atoms with E-state index in [1.807, 2.05) is 66.7 Å². The van der Waals surface area contributed by atoms with Gasteiger partial charge in [-0.25, -0.2) is 9.59 Å². The van der Waals surface area contributed by atoms with Crippen LogP contribution in [0.5, 0.6) is 0 Å². The number of rotatable bonds is 5. The summed E-state index contributed by atoms with van der Waals surface area (Å²) in [6.45, 7) is 5.29. The number of aromatic nitrogens is 4. The number of nitrogens with one attached hydrogen (secondary N) is 2. The molecule has 1 aliphatic carbocycles. The topological polar surface area (TPSA) is 169 Å². The number of hydrogen-bond donors (Lipinski definition) is 3. The lowest BCUT2D eigenvalue weighted by atomic mass is 10.0. The maximum atomic E-state index is 14.3. The molecule has 2 fully saturated rings. The zero-order valence-electron chi connectivity index (χ0n) is 28.0. The Morgan fingerprint density at radius 1 is 1.00 bits per heavy atom. The summed E-state index contributed by atoms with van der Waals surface area (Å²) in [6.07, 6.45) is 6.92. The van der Waals surface area contributed by atoms with Crippen molar-refractivity contribution in [3.8, 4) is 22.5 Å². The number of nitrogens with zero attached hydrogens (tertiary/aromatic N) is 5. The first-order valence-corrected chi connectivity index (χ1v) is 16.9. The summed E-state index contributed by atoms with van der Waals surface area (Å²) >= 11 is 0. The molecule has 5 atom stereocenters. The van der Waals surface area contributed by atoms with Crippen LogP contribution in [0, 0.1) is 5.92 Å². The third-order valence-corrected chi connectivity index (χ3v) is 9.33. The average Bonchev–Trinajstić information content (AvgIpc) is 3.38. The normalized spacial score (nSPS) is 26.7. The zero-order chi connectivity index (χ0) is 34.8. The van der Waals surface area contributed by atoms with Crippen LogP contribution in [0.4, 0.5) is 4.79 Å². The van der Waals surface area contributed by atoms with Crippen molar-refractivity contribution in [2.45, 2.75) is 95.0 Å². The first-order valence-electron chi connectivity index (χ1n) is 16.9. The van der Waals surface area contributed by atoms with Gasteiger partial charge in [0.1, 0.15) is 23.2 Å². The van der Waals surface area contributed by atoms with Gasteiger partial charge in [0.2, 0.25) is 17.6 Å². The second kappa shape index (κ2) is 13.8. The summed E-state index contributed by atoms with van der Waals surface area (Å²) in [6, 6.07) is 15.3. The van der Waals surface area contributed by atoms with Gasteiger partial charge < -0.3 is 25.4 Å². The molecule has 3 aliphatic rings. The first-order chi connectivity index (χ1) is 23.4. The number of tetrazole rings is 1. The molecule has 13 heteroatoms. The molecule has 13 nitrogen and oxygen atoms in total. The smallest absolute Gasteiger partial charge is 0.408 e. The molecule has 2 aliphatic heterocycles. The third kappa shape index (κ3) is 7.65. The van der Waals surface area contributed by atoms with Gasteiger partial charge in [0.05, 0.1) is 6.04 Å². The number of allylic oxidation sites excluding steroid dienone is 1. The number of fused-ring (bicyclic) bond motifs is 2. The summed E-state index contributed by atoms with van der Waals surface area (Å²) in [4.78, 5) is 56.3. The van der Waals surface area contributed by atoms with Crippen LogP contribution < -0.4 is 10.6 Å². The van der Waals surface area contributed by atoms with Gasteiger partial charge in [-0.2, -0.15) is 4.80 Å². The molecule has 258 valence electrons. The average molecular weight is 670 g/mol. The number of alkyl carbamates (subject to hydrolysis) is 1. The predicted octanol–water partition coefficient (Wildman–Crippen LogP) is 4.52. The number of amides is 3. The van der Waals surface area contributed by atoms with Crippen LogP contribution in [0.2, 0.25) is 0 Å². The Labute approximate surface area is 285 Å². The van der Waals surface area contributed by atoms with Crippen molar-refractivity contribution in [1.82, 2.24) is 35.7 Å². The lowest BCUT2D eigenvalue weighted by molar-refractivity contribution is -0.145. The monoisotopic (exact) mass is 669 g/mol. The van der Waals surface area contributed by atoms with Crippen molar-refractivity contribution in [2.24, 2.45) is 5.92 Å². The van der Waals surface area contributed by atoms with Gasteiger partial charge in [-0.15, -0.1) is 10.2 Å². The van der Waals surface area contributed by atoms with E-state index in [2.05, 4.69) is 26.0 Å². The summed E-state index contributed by atoms with van der Waals surface area (Å²) in [5, 5.41) is 28.8. The van der Waals surface area contributed by atoms with Gasteiger partial charge in [0.15, 0.2) is 0 Å². The number of carboxylic acid groups (broad SMARTS) is 1. The molecule has 0 radical (unpaired) electrons. The SMILES string of the molecule is CC(C)(C)OC(=O)N[C@H]1CCCCC/C=C\[C@@H]2C[C@@]2(C(=O)O)NC(=O)[C@@H]2C[C@@H](n3nnc(-c4ccc(-c5ccccc5)cc4)n3)CN2C1=O. The molecule has 1 saturated heterocycles. The molecule has 0 bridgehead atoms. The van der Waals surface area contributed by atoms with Crippen LogP contribution >= 0.6 is 0 Å². The summed E-state index contributed by atoms with van der Waals surface area (Å²) < 4.78 is 5.47. The number of hydrogen-bond acceptors (Lipinski definition) is 8. The fourth-order valence-corrected chi connectivity index (χ4v) is 6.63. The molecule has 6 rings (SSSR count). The van der Waals surface area contributed by atoms with E-state index in [-0.39, 0.29) is 25.3 Å². The number of ether oxygens (including phenoxy) is 1. The van der Waals surface area contributed by atoms with Gasteiger partial charge in [-0.3, -0.25) is 9.59 Å². The van der Waals surface area contributed by atoms with Gasteiger partial charge >= 0.3 is 12.1 Å². The Hall–Kier alpha value is -5.07. The lowest BCUT2D eigenvalue weighted by Crippen LogP contribution is -2.56. The van der Waals surface area contributed by atoms with Crippen LogP contribution in [0.25, 0.3) is 22.5 Å². The van der Waals surface area contributed by atoms with Gasteiger partial charge in [-0.1, -0.05) is 79.6 Å².